The van der Waals surface area contributed by atoms with Crippen molar-refractivity contribution in [3.63, 3.8) is 0 Å². The molecule has 0 saturated heterocycles. The number of hydrogen-bond donors (Lipinski definition) is 3. The molecule has 3 N–H and O–H groups in total. The van der Waals surface area contributed by atoms with Gasteiger partial charge in [0.2, 0.25) is 0 Å². The van der Waals surface area contributed by atoms with Crippen LogP contribution in [0.5, 0.6) is 0 Å². The van der Waals surface area contributed by atoms with Gasteiger partial charge in [0.1, 0.15) is 0 Å². The number of hydrogen-bond acceptors (Lipinski definition) is 5. The average Bonchev–Trinajstić information content (AvgIpc) is 2.65. The van der Waals surface area contributed by atoms with E-state index in [1.807, 2.05) is 6.92 Å². The molecule has 0 aliphatic heterocycles. The van der Waals surface area contributed by atoms with E-state index >= 15 is 0 Å². The summed E-state index contributed by atoms with van der Waals surface area (Å²) in [5.41, 5.74) is -0.667. The molecule has 0 aromatic rings. The van der Waals surface area contributed by atoms with Crippen LogP contribution in [0, 0.1) is 5.41 Å². The smallest absolute Gasteiger partial charge is 0.302 e. The van der Waals surface area contributed by atoms with Gasteiger partial charge in [-0.1, -0.05) is 78.1 Å². The third-order valence-electron chi connectivity index (χ3n) is 4.81. The number of unbranched alkanes of at least 4 members (excludes halogenated alkanes) is 10. The van der Waals surface area contributed by atoms with Crippen LogP contribution in [-0.4, -0.2) is 47.7 Å². The number of rotatable bonds is 16. The normalized spacial score (nSPS) is 11.0. The lowest BCUT2D eigenvalue weighted by Gasteiger charge is -2.24. The van der Waals surface area contributed by atoms with Crippen LogP contribution in [0.1, 0.15) is 97.8 Å². The van der Waals surface area contributed by atoms with Crippen molar-refractivity contribution in [1.29, 1.82) is 0 Å². The molecule has 0 saturated carbocycles. The van der Waals surface area contributed by atoms with Crippen molar-refractivity contribution in [3.8, 4) is 0 Å². The highest BCUT2D eigenvalue weighted by Gasteiger charge is 2.24. The fourth-order valence-corrected chi connectivity index (χ4v) is 2.47. The molecule has 5 heteroatoms. The van der Waals surface area contributed by atoms with Gasteiger partial charge in [-0.3, -0.25) is 4.79 Å². The summed E-state index contributed by atoms with van der Waals surface area (Å²) in [4.78, 5) is 10.5. The monoisotopic (exact) mass is 376 g/mol. The van der Waals surface area contributed by atoms with Crippen molar-refractivity contribution in [2.24, 2.45) is 5.41 Å². The van der Waals surface area contributed by atoms with Crippen LogP contribution >= 0.6 is 0 Å². The number of esters is 1. The lowest BCUT2D eigenvalue weighted by Crippen LogP contribution is -2.32. The molecule has 0 aliphatic carbocycles. The van der Waals surface area contributed by atoms with Crippen molar-refractivity contribution in [3.05, 3.63) is 0 Å². The summed E-state index contributed by atoms with van der Waals surface area (Å²) in [6.45, 7) is 5.69. The third kappa shape index (κ3) is 18.2. The predicted octanol–water partition coefficient (Wildman–Crippen LogP) is 4.22. The molecule has 0 aromatic heterocycles. The van der Waals surface area contributed by atoms with E-state index in [1.54, 1.807) is 0 Å². The number of aliphatic hydroxyl groups is 3. The standard InChI is InChI=1S/C15H30O2.C6H14O3/c1-3-4-5-6-7-8-9-10-11-12-13-14-17-15(2)16;1-2-6(3-7,4-8)5-9/h3-14H2,1-2H3;7-9H,2-5H2,1H3. The van der Waals surface area contributed by atoms with E-state index in [2.05, 4.69) is 6.92 Å². The molecular weight excluding hydrogens is 332 g/mol. The zero-order valence-corrected chi connectivity index (χ0v) is 17.5. The van der Waals surface area contributed by atoms with Crippen molar-refractivity contribution < 1.29 is 24.9 Å². The quantitative estimate of drug-likeness (QED) is 0.277. The van der Waals surface area contributed by atoms with Gasteiger partial charge in [-0.05, 0) is 12.8 Å². The zero-order valence-electron chi connectivity index (χ0n) is 17.5. The summed E-state index contributed by atoms with van der Waals surface area (Å²) in [6, 6.07) is 0. The van der Waals surface area contributed by atoms with Gasteiger partial charge in [0.25, 0.3) is 0 Å². The van der Waals surface area contributed by atoms with Gasteiger partial charge in [0.15, 0.2) is 0 Å². The molecule has 0 heterocycles. The fraction of sp³-hybridized carbons (Fsp3) is 0.952. The summed E-state index contributed by atoms with van der Waals surface area (Å²) in [7, 11) is 0. The summed E-state index contributed by atoms with van der Waals surface area (Å²) < 4.78 is 4.89. The Kier molecular flexibility index (Phi) is 21.9. The molecule has 0 aliphatic rings. The second kappa shape index (κ2) is 20.7. The van der Waals surface area contributed by atoms with Crippen LogP contribution < -0.4 is 0 Å². The molecule has 0 amide bonds. The maximum Gasteiger partial charge on any atom is 0.302 e. The number of aliphatic hydroxyl groups excluding tert-OH is 3. The molecule has 0 fully saturated rings. The van der Waals surface area contributed by atoms with Crippen LogP contribution in [-0.2, 0) is 9.53 Å². The van der Waals surface area contributed by atoms with Gasteiger partial charge in [-0.2, -0.15) is 0 Å². The SMILES string of the molecule is CCC(CO)(CO)CO.CCCCCCCCCCCCCOC(C)=O. The van der Waals surface area contributed by atoms with Crippen LogP contribution in [0.4, 0.5) is 0 Å². The van der Waals surface area contributed by atoms with Gasteiger partial charge < -0.3 is 20.1 Å². The molecule has 0 spiro atoms. The first-order valence-corrected chi connectivity index (χ1v) is 10.5. The Morgan fingerprint density at radius 1 is 0.731 bits per heavy atom. The zero-order chi connectivity index (χ0) is 20.1. The molecule has 0 atom stereocenters. The number of carbonyl (C=O) groups is 1. The van der Waals surface area contributed by atoms with Gasteiger partial charge in [-0.15, -0.1) is 0 Å². The topological polar surface area (TPSA) is 87.0 Å². The van der Waals surface area contributed by atoms with Crippen molar-refractivity contribution in [1.82, 2.24) is 0 Å². The lowest BCUT2D eigenvalue weighted by atomic mass is 9.88. The molecule has 26 heavy (non-hydrogen) atoms. The molecule has 0 radical (unpaired) electrons. The van der Waals surface area contributed by atoms with E-state index in [0.717, 1.165) is 6.42 Å². The summed E-state index contributed by atoms with van der Waals surface area (Å²) in [5.74, 6) is -0.155. The Bertz CT molecular complexity index is 273. The minimum Gasteiger partial charge on any atom is -0.466 e. The molecule has 0 bridgehead atoms. The molecule has 5 nitrogen and oxygen atoms in total. The molecule has 0 aromatic carbocycles. The molecule has 0 rings (SSSR count). The molecular formula is C21H44O5. The highest BCUT2D eigenvalue weighted by Crippen LogP contribution is 2.18. The van der Waals surface area contributed by atoms with Crippen molar-refractivity contribution >= 4 is 5.97 Å². The van der Waals surface area contributed by atoms with E-state index < -0.39 is 5.41 Å². The van der Waals surface area contributed by atoms with Crippen LogP contribution in [0.3, 0.4) is 0 Å². The largest absolute Gasteiger partial charge is 0.466 e. The summed E-state index contributed by atoms with van der Waals surface area (Å²) in [5, 5.41) is 26.0. The van der Waals surface area contributed by atoms with Crippen LogP contribution in [0.2, 0.25) is 0 Å². The van der Waals surface area contributed by atoms with E-state index in [1.165, 1.54) is 71.1 Å². The molecule has 0 unspecified atom stereocenters. The highest BCUT2D eigenvalue weighted by atomic mass is 16.5. The predicted molar refractivity (Wildman–Crippen MR) is 107 cm³/mol. The summed E-state index contributed by atoms with van der Waals surface area (Å²) >= 11 is 0. The number of ether oxygens (including phenoxy) is 1. The van der Waals surface area contributed by atoms with E-state index in [4.69, 9.17) is 20.1 Å². The van der Waals surface area contributed by atoms with Crippen LogP contribution in [0.25, 0.3) is 0 Å². The minimum atomic E-state index is -0.667. The Hall–Kier alpha value is -0.650. The Morgan fingerprint density at radius 2 is 1.12 bits per heavy atom. The van der Waals surface area contributed by atoms with E-state index in [9.17, 15) is 4.79 Å². The first kappa shape index (κ1) is 27.6. The molecule has 158 valence electrons. The van der Waals surface area contributed by atoms with Crippen molar-refractivity contribution in [2.75, 3.05) is 26.4 Å². The first-order valence-electron chi connectivity index (χ1n) is 10.5. The van der Waals surface area contributed by atoms with E-state index in [-0.39, 0.29) is 25.8 Å². The maximum atomic E-state index is 10.5. The van der Waals surface area contributed by atoms with Gasteiger partial charge in [-0.25, -0.2) is 0 Å². The van der Waals surface area contributed by atoms with Gasteiger partial charge in [0.05, 0.1) is 26.4 Å². The Morgan fingerprint density at radius 3 is 1.38 bits per heavy atom. The second-order valence-electron chi connectivity index (χ2n) is 7.20. The van der Waals surface area contributed by atoms with Gasteiger partial charge in [0, 0.05) is 12.3 Å². The lowest BCUT2D eigenvalue weighted by molar-refractivity contribution is -0.141. The Labute approximate surface area is 161 Å². The Balaban J connectivity index is 0. The summed E-state index contributed by atoms with van der Waals surface area (Å²) in [6.07, 6.45) is 15.2. The number of carbonyl (C=O) groups excluding carboxylic acids is 1. The van der Waals surface area contributed by atoms with Crippen molar-refractivity contribution in [2.45, 2.75) is 97.8 Å². The highest BCUT2D eigenvalue weighted by molar-refractivity contribution is 5.65. The van der Waals surface area contributed by atoms with E-state index in [0.29, 0.717) is 13.0 Å². The maximum absolute atomic E-state index is 10.5. The van der Waals surface area contributed by atoms with Gasteiger partial charge >= 0.3 is 5.97 Å². The fourth-order valence-electron chi connectivity index (χ4n) is 2.47. The minimum absolute atomic E-state index is 0.155. The average molecular weight is 377 g/mol. The third-order valence-corrected chi connectivity index (χ3v) is 4.81. The first-order chi connectivity index (χ1) is 12.5. The second-order valence-corrected chi connectivity index (χ2v) is 7.20. The van der Waals surface area contributed by atoms with Crippen LogP contribution in [0.15, 0.2) is 0 Å².